The monoisotopic (exact) mass is 385 g/mol. The summed E-state index contributed by atoms with van der Waals surface area (Å²) < 4.78 is 13.6. The molecule has 1 saturated heterocycles. The van der Waals surface area contributed by atoms with Gasteiger partial charge in [0.1, 0.15) is 5.82 Å². The zero-order valence-corrected chi connectivity index (χ0v) is 15.7. The number of anilines is 1. The van der Waals surface area contributed by atoms with E-state index >= 15 is 0 Å². The van der Waals surface area contributed by atoms with Crippen LogP contribution in [0.4, 0.5) is 10.1 Å². The Kier molecular flexibility index (Phi) is 5.38. The summed E-state index contributed by atoms with van der Waals surface area (Å²) in [6.07, 6.45) is 4.09. The molecule has 4 rings (SSSR count). The Balaban J connectivity index is 1.30. The lowest BCUT2D eigenvalue weighted by molar-refractivity contribution is -0.117. The van der Waals surface area contributed by atoms with Crippen LogP contribution in [0.25, 0.3) is 0 Å². The summed E-state index contributed by atoms with van der Waals surface area (Å²) in [5, 5.41) is 9.88. The van der Waals surface area contributed by atoms with E-state index in [9.17, 15) is 14.0 Å². The normalized spacial score (nSPS) is 17.2. The van der Waals surface area contributed by atoms with E-state index < -0.39 is 5.82 Å². The van der Waals surface area contributed by atoms with Crippen molar-refractivity contribution in [1.29, 1.82) is 0 Å². The summed E-state index contributed by atoms with van der Waals surface area (Å²) in [5.41, 5.74) is 2.91. The number of fused-ring (bicyclic) bond motifs is 1. The highest BCUT2D eigenvalue weighted by Gasteiger charge is 2.28. The number of piperazine rings is 1. The van der Waals surface area contributed by atoms with Gasteiger partial charge >= 0.3 is 0 Å². The fraction of sp³-hybridized carbons (Fsp3) is 0.450. The van der Waals surface area contributed by atoms with Crippen LogP contribution < -0.4 is 5.32 Å². The van der Waals surface area contributed by atoms with Crippen molar-refractivity contribution in [1.82, 2.24) is 20.0 Å². The van der Waals surface area contributed by atoms with E-state index in [0.717, 1.165) is 36.9 Å². The van der Waals surface area contributed by atoms with Crippen molar-refractivity contribution in [2.45, 2.75) is 25.7 Å². The lowest BCUT2D eigenvalue weighted by Gasteiger charge is -2.34. The highest BCUT2D eigenvalue weighted by molar-refractivity contribution is 5.94. The van der Waals surface area contributed by atoms with Crippen LogP contribution in [0.2, 0.25) is 0 Å². The van der Waals surface area contributed by atoms with E-state index in [1.54, 1.807) is 17.0 Å². The third kappa shape index (κ3) is 3.91. The number of aromatic amines is 1. The molecule has 28 heavy (non-hydrogen) atoms. The number of nitrogens with zero attached hydrogens (tertiary/aromatic N) is 3. The molecule has 2 heterocycles. The van der Waals surface area contributed by atoms with Gasteiger partial charge in [-0.05, 0) is 37.8 Å². The number of aromatic nitrogens is 2. The standard InChI is InChI=1S/C20H24FN5O2/c21-15-6-2-4-8-17(15)22-18(27)13-25-9-11-26(12-10-25)20(28)19-14-5-1-3-7-16(14)23-24-19/h2,4,6,8H,1,3,5,7,9-13H2,(H,22,27)(H,23,24). The van der Waals surface area contributed by atoms with Gasteiger partial charge in [-0.15, -0.1) is 0 Å². The van der Waals surface area contributed by atoms with Crippen molar-refractivity contribution in [2.24, 2.45) is 0 Å². The molecule has 1 aliphatic carbocycles. The number of nitrogens with one attached hydrogen (secondary N) is 2. The molecule has 0 radical (unpaired) electrons. The molecule has 148 valence electrons. The zero-order chi connectivity index (χ0) is 19.5. The molecule has 8 heteroatoms. The maximum atomic E-state index is 13.6. The highest BCUT2D eigenvalue weighted by atomic mass is 19.1. The first kappa shape index (κ1) is 18.6. The molecule has 1 aromatic heterocycles. The van der Waals surface area contributed by atoms with Crippen molar-refractivity contribution in [2.75, 3.05) is 38.0 Å². The van der Waals surface area contributed by atoms with Gasteiger partial charge in [0.25, 0.3) is 5.91 Å². The Labute approximate surface area is 162 Å². The van der Waals surface area contributed by atoms with Gasteiger partial charge in [-0.25, -0.2) is 4.39 Å². The number of para-hydroxylation sites is 1. The minimum Gasteiger partial charge on any atom is -0.335 e. The molecule has 0 atom stereocenters. The van der Waals surface area contributed by atoms with E-state index in [0.29, 0.717) is 31.9 Å². The number of hydrogen-bond acceptors (Lipinski definition) is 4. The second-order valence-corrected chi connectivity index (χ2v) is 7.33. The zero-order valence-electron chi connectivity index (χ0n) is 15.7. The maximum Gasteiger partial charge on any atom is 0.274 e. The highest BCUT2D eigenvalue weighted by Crippen LogP contribution is 2.23. The maximum absolute atomic E-state index is 13.6. The molecule has 2 N–H and O–H groups in total. The van der Waals surface area contributed by atoms with Gasteiger partial charge in [-0.3, -0.25) is 19.6 Å². The number of carbonyl (C=O) groups is 2. The van der Waals surface area contributed by atoms with Crippen molar-refractivity contribution >= 4 is 17.5 Å². The third-order valence-corrected chi connectivity index (χ3v) is 5.43. The summed E-state index contributed by atoms with van der Waals surface area (Å²) >= 11 is 0. The van der Waals surface area contributed by atoms with E-state index in [-0.39, 0.29) is 24.0 Å². The molecule has 7 nitrogen and oxygen atoms in total. The number of amides is 2. The number of H-pyrrole nitrogens is 1. The SMILES string of the molecule is O=C(CN1CCN(C(=O)c2n[nH]c3c2CCCC3)CC1)Nc1ccccc1F. The van der Waals surface area contributed by atoms with Crippen molar-refractivity contribution < 1.29 is 14.0 Å². The topological polar surface area (TPSA) is 81.3 Å². The fourth-order valence-corrected chi connectivity index (χ4v) is 3.87. The third-order valence-electron chi connectivity index (χ3n) is 5.43. The van der Waals surface area contributed by atoms with Gasteiger partial charge in [-0.2, -0.15) is 5.10 Å². The van der Waals surface area contributed by atoms with Gasteiger partial charge < -0.3 is 10.2 Å². The number of rotatable bonds is 4. The smallest absolute Gasteiger partial charge is 0.274 e. The Hall–Kier alpha value is -2.74. The Morgan fingerprint density at radius 3 is 2.64 bits per heavy atom. The van der Waals surface area contributed by atoms with Crippen molar-refractivity contribution in [3.8, 4) is 0 Å². The molecule has 1 aromatic carbocycles. The van der Waals surface area contributed by atoms with Gasteiger partial charge in [0.05, 0.1) is 12.2 Å². The Morgan fingerprint density at radius 2 is 1.86 bits per heavy atom. The number of benzene rings is 1. The quantitative estimate of drug-likeness (QED) is 0.841. The summed E-state index contributed by atoms with van der Waals surface area (Å²) in [7, 11) is 0. The number of hydrogen-bond donors (Lipinski definition) is 2. The van der Waals surface area contributed by atoms with Crippen LogP contribution >= 0.6 is 0 Å². The Bertz CT molecular complexity index is 873. The Morgan fingerprint density at radius 1 is 1.11 bits per heavy atom. The predicted molar refractivity (Wildman–Crippen MR) is 103 cm³/mol. The molecule has 2 amide bonds. The average Bonchev–Trinajstić information content (AvgIpc) is 3.14. The second-order valence-electron chi connectivity index (χ2n) is 7.33. The first-order valence-corrected chi connectivity index (χ1v) is 9.74. The summed E-state index contributed by atoms with van der Waals surface area (Å²) in [6.45, 7) is 2.47. The molecule has 2 aromatic rings. The molecular weight excluding hydrogens is 361 g/mol. The molecule has 1 aliphatic heterocycles. The van der Waals surface area contributed by atoms with Gasteiger partial charge in [0, 0.05) is 37.4 Å². The van der Waals surface area contributed by atoms with Crippen molar-refractivity contribution in [3.05, 3.63) is 47.0 Å². The average molecular weight is 385 g/mol. The van der Waals surface area contributed by atoms with Crippen LogP contribution in [-0.2, 0) is 17.6 Å². The van der Waals surface area contributed by atoms with Crippen LogP contribution in [-0.4, -0.2) is 64.5 Å². The predicted octanol–water partition coefficient (Wildman–Crippen LogP) is 1.82. The molecule has 2 aliphatic rings. The number of aryl methyl sites for hydroxylation is 1. The van der Waals surface area contributed by atoms with E-state index in [4.69, 9.17) is 0 Å². The van der Waals surface area contributed by atoms with E-state index in [1.165, 1.54) is 12.1 Å². The molecule has 0 saturated carbocycles. The van der Waals surface area contributed by atoms with Crippen LogP contribution in [0.5, 0.6) is 0 Å². The minimum atomic E-state index is -0.450. The fourth-order valence-electron chi connectivity index (χ4n) is 3.87. The summed E-state index contributed by atoms with van der Waals surface area (Å²) in [5.74, 6) is -0.741. The summed E-state index contributed by atoms with van der Waals surface area (Å²) in [6, 6.07) is 6.11. The van der Waals surface area contributed by atoms with Crippen LogP contribution in [0.15, 0.2) is 24.3 Å². The summed E-state index contributed by atoms with van der Waals surface area (Å²) in [4.78, 5) is 28.8. The lowest BCUT2D eigenvalue weighted by atomic mass is 9.95. The van der Waals surface area contributed by atoms with Crippen molar-refractivity contribution in [3.63, 3.8) is 0 Å². The molecule has 1 fully saturated rings. The largest absolute Gasteiger partial charge is 0.335 e. The number of halogens is 1. The molecule has 0 bridgehead atoms. The van der Waals surface area contributed by atoms with Gasteiger partial charge in [0.15, 0.2) is 5.69 Å². The lowest BCUT2D eigenvalue weighted by Crippen LogP contribution is -2.50. The van der Waals surface area contributed by atoms with Gasteiger partial charge in [0.2, 0.25) is 5.91 Å². The second kappa shape index (κ2) is 8.10. The number of carbonyl (C=O) groups excluding carboxylic acids is 2. The molecule has 0 unspecified atom stereocenters. The first-order chi connectivity index (χ1) is 13.6. The minimum absolute atomic E-state index is 0.0325. The van der Waals surface area contributed by atoms with Crippen LogP contribution in [0.1, 0.15) is 34.6 Å². The molecule has 0 spiro atoms. The van der Waals surface area contributed by atoms with Gasteiger partial charge in [-0.1, -0.05) is 12.1 Å². The van der Waals surface area contributed by atoms with E-state index in [2.05, 4.69) is 15.5 Å². The molecular formula is C20H24FN5O2. The van der Waals surface area contributed by atoms with Crippen LogP contribution in [0.3, 0.4) is 0 Å². The first-order valence-electron chi connectivity index (χ1n) is 9.74. The van der Waals surface area contributed by atoms with Crippen LogP contribution in [0, 0.1) is 5.82 Å². The van der Waals surface area contributed by atoms with E-state index in [1.807, 2.05) is 4.90 Å².